The van der Waals surface area contributed by atoms with Gasteiger partial charge >= 0.3 is 5.97 Å². The second-order valence-corrected chi connectivity index (χ2v) is 6.28. The van der Waals surface area contributed by atoms with E-state index in [0.29, 0.717) is 18.5 Å². The van der Waals surface area contributed by atoms with Crippen LogP contribution in [-0.4, -0.2) is 38.2 Å². The van der Waals surface area contributed by atoms with Gasteiger partial charge in [-0.15, -0.1) is 0 Å². The summed E-state index contributed by atoms with van der Waals surface area (Å²) in [5, 5.41) is 13.8. The highest BCUT2D eigenvalue weighted by Gasteiger charge is 2.31. The molecule has 1 aliphatic rings. The molecule has 2 aromatic carbocycles. The molecular formula is C20H16FN3O3. The third-order valence-corrected chi connectivity index (χ3v) is 4.65. The second-order valence-electron chi connectivity index (χ2n) is 6.28. The average Bonchev–Trinajstić information content (AvgIpc) is 3.07. The zero-order valence-corrected chi connectivity index (χ0v) is 14.3. The molecule has 6 nitrogen and oxygen atoms in total. The summed E-state index contributed by atoms with van der Waals surface area (Å²) in [7, 11) is 0. The van der Waals surface area contributed by atoms with Gasteiger partial charge in [0.15, 0.2) is 5.69 Å². The van der Waals surface area contributed by atoms with Gasteiger partial charge in [0, 0.05) is 18.5 Å². The summed E-state index contributed by atoms with van der Waals surface area (Å²) in [6.07, 6.45) is 0.435. The van der Waals surface area contributed by atoms with E-state index in [4.69, 9.17) is 0 Å². The Morgan fingerprint density at radius 1 is 1.04 bits per heavy atom. The Balaban J connectivity index is 1.72. The molecule has 1 aromatic heterocycles. The number of hydrogen-bond donors (Lipinski definition) is 1. The van der Waals surface area contributed by atoms with Crippen LogP contribution in [0.15, 0.2) is 54.6 Å². The van der Waals surface area contributed by atoms with Gasteiger partial charge in [0.25, 0.3) is 5.91 Å². The monoisotopic (exact) mass is 365 g/mol. The molecule has 27 heavy (non-hydrogen) atoms. The van der Waals surface area contributed by atoms with Crippen molar-refractivity contribution in [3.63, 3.8) is 0 Å². The lowest BCUT2D eigenvalue weighted by Gasteiger charge is -2.28. The lowest BCUT2D eigenvalue weighted by atomic mass is 10.0. The van der Waals surface area contributed by atoms with Crippen molar-refractivity contribution in [1.29, 1.82) is 0 Å². The first-order valence-corrected chi connectivity index (χ1v) is 8.49. The van der Waals surface area contributed by atoms with Gasteiger partial charge in [-0.05, 0) is 24.3 Å². The van der Waals surface area contributed by atoms with Gasteiger partial charge < -0.3 is 10.0 Å². The third kappa shape index (κ3) is 2.97. The quantitative estimate of drug-likeness (QED) is 0.774. The van der Waals surface area contributed by atoms with Gasteiger partial charge in [-0.1, -0.05) is 30.3 Å². The van der Waals surface area contributed by atoms with Crippen molar-refractivity contribution in [1.82, 2.24) is 14.7 Å². The summed E-state index contributed by atoms with van der Waals surface area (Å²) in [5.41, 5.74) is 1.90. The van der Waals surface area contributed by atoms with Crippen LogP contribution in [0.2, 0.25) is 0 Å². The fourth-order valence-corrected chi connectivity index (χ4v) is 3.35. The highest BCUT2D eigenvalue weighted by molar-refractivity contribution is 5.95. The lowest BCUT2D eigenvalue weighted by Crippen LogP contribution is -2.37. The molecular weight excluding hydrogens is 349 g/mol. The number of hydrogen-bond acceptors (Lipinski definition) is 3. The molecule has 2 heterocycles. The number of carboxylic acid groups (broad SMARTS) is 1. The van der Waals surface area contributed by atoms with Crippen molar-refractivity contribution in [3.8, 4) is 5.69 Å². The largest absolute Gasteiger partial charge is 0.476 e. The van der Waals surface area contributed by atoms with E-state index in [1.807, 2.05) is 30.3 Å². The molecule has 0 fully saturated rings. The van der Waals surface area contributed by atoms with Crippen molar-refractivity contribution < 1.29 is 19.1 Å². The van der Waals surface area contributed by atoms with Gasteiger partial charge in [-0.3, -0.25) is 4.79 Å². The SMILES string of the molecule is O=C(O)c1nn(-c2ccccc2)c2c1CN(C(=O)c1ccccc1F)CC2. The van der Waals surface area contributed by atoms with E-state index in [9.17, 15) is 19.1 Å². The van der Waals surface area contributed by atoms with E-state index in [2.05, 4.69) is 5.10 Å². The molecule has 1 amide bonds. The summed E-state index contributed by atoms with van der Waals surface area (Å²) >= 11 is 0. The summed E-state index contributed by atoms with van der Waals surface area (Å²) in [6.45, 7) is 0.439. The Bertz CT molecular complexity index is 1030. The molecule has 3 aromatic rings. The predicted molar refractivity (Wildman–Crippen MR) is 95.4 cm³/mol. The summed E-state index contributed by atoms with van der Waals surface area (Å²) in [6, 6.07) is 15.0. The van der Waals surface area contributed by atoms with E-state index < -0.39 is 17.7 Å². The van der Waals surface area contributed by atoms with Gasteiger partial charge in [0.1, 0.15) is 5.82 Å². The second kappa shape index (κ2) is 6.68. The number of halogens is 1. The first-order chi connectivity index (χ1) is 13.1. The number of fused-ring (bicyclic) bond motifs is 1. The lowest BCUT2D eigenvalue weighted by molar-refractivity contribution is 0.0673. The first-order valence-electron chi connectivity index (χ1n) is 8.49. The maximum atomic E-state index is 14.0. The van der Waals surface area contributed by atoms with E-state index in [0.717, 1.165) is 11.4 Å². The maximum Gasteiger partial charge on any atom is 0.356 e. The van der Waals surface area contributed by atoms with Crippen LogP contribution < -0.4 is 0 Å². The van der Waals surface area contributed by atoms with E-state index in [1.165, 1.54) is 23.1 Å². The number of amides is 1. The Morgan fingerprint density at radius 2 is 1.74 bits per heavy atom. The number of benzene rings is 2. The van der Waals surface area contributed by atoms with E-state index in [1.54, 1.807) is 10.7 Å². The molecule has 0 atom stereocenters. The van der Waals surface area contributed by atoms with Crippen LogP contribution in [0.3, 0.4) is 0 Å². The highest BCUT2D eigenvalue weighted by Crippen LogP contribution is 2.26. The number of carbonyl (C=O) groups is 2. The Morgan fingerprint density at radius 3 is 2.44 bits per heavy atom. The van der Waals surface area contributed by atoms with Gasteiger partial charge in [0.2, 0.25) is 0 Å². The summed E-state index contributed by atoms with van der Waals surface area (Å²) in [4.78, 5) is 25.8. The minimum absolute atomic E-state index is 0.0201. The molecule has 136 valence electrons. The number of carboxylic acids is 1. The fraction of sp³-hybridized carbons (Fsp3) is 0.150. The van der Waals surface area contributed by atoms with Gasteiger partial charge in [-0.2, -0.15) is 5.10 Å². The van der Waals surface area contributed by atoms with Crippen LogP contribution >= 0.6 is 0 Å². The van der Waals surface area contributed by atoms with Gasteiger partial charge in [-0.25, -0.2) is 13.9 Å². The first kappa shape index (κ1) is 17.0. The fourth-order valence-electron chi connectivity index (χ4n) is 3.35. The number of carbonyl (C=O) groups excluding carboxylic acids is 1. The molecule has 0 aliphatic carbocycles. The molecule has 0 spiro atoms. The summed E-state index contributed by atoms with van der Waals surface area (Å²) in [5.74, 6) is -2.20. The molecule has 0 saturated heterocycles. The van der Waals surface area contributed by atoms with Crippen molar-refractivity contribution >= 4 is 11.9 Å². The number of para-hydroxylation sites is 1. The third-order valence-electron chi connectivity index (χ3n) is 4.65. The molecule has 0 radical (unpaired) electrons. The van der Waals surface area contributed by atoms with Gasteiger partial charge in [0.05, 0.1) is 23.5 Å². The molecule has 0 saturated carbocycles. The number of aromatic nitrogens is 2. The molecule has 0 unspecified atom stereocenters. The molecule has 7 heteroatoms. The molecule has 4 rings (SSSR count). The number of nitrogens with zero attached hydrogens (tertiary/aromatic N) is 3. The molecule has 1 aliphatic heterocycles. The van der Waals surface area contributed by atoms with Crippen LogP contribution in [0.4, 0.5) is 4.39 Å². The van der Waals surface area contributed by atoms with Crippen molar-refractivity contribution in [3.05, 3.63) is 82.9 Å². The Labute approximate surface area is 154 Å². The van der Waals surface area contributed by atoms with Crippen LogP contribution in [0.5, 0.6) is 0 Å². The van der Waals surface area contributed by atoms with Crippen molar-refractivity contribution in [2.75, 3.05) is 6.54 Å². The number of aromatic carboxylic acids is 1. The van der Waals surface area contributed by atoms with Crippen LogP contribution in [0.1, 0.15) is 32.1 Å². The topological polar surface area (TPSA) is 75.4 Å². The Hall–Kier alpha value is -3.48. The minimum atomic E-state index is -1.15. The summed E-state index contributed by atoms with van der Waals surface area (Å²) < 4.78 is 15.6. The molecule has 1 N–H and O–H groups in total. The standard InChI is InChI=1S/C20H16FN3O3/c21-16-9-5-4-8-14(16)19(25)23-11-10-17-15(12-23)18(20(26)27)22-24(17)13-6-2-1-3-7-13/h1-9H,10-12H2,(H,26,27). The normalized spacial score (nSPS) is 13.3. The van der Waals surface area contributed by atoms with E-state index >= 15 is 0 Å². The highest BCUT2D eigenvalue weighted by atomic mass is 19.1. The van der Waals surface area contributed by atoms with Crippen LogP contribution in [0, 0.1) is 5.82 Å². The maximum absolute atomic E-state index is 14.0. The molecule has 0 bridgehead atoms. The number of rotatable bonds is 3. The van der Waals surface area contributed by atoms with Crippen LogP contribution in [-0.2, 0) is 13.0 Å². The van der Waals surface area contributed by atoms with E-state index in [-0.39, 0.29) is 17.8 Å². The van der Waals surface area contributed by atoms with Crippen molar-refractivity contribution in [2.45, 2.75) is 13.0 Å². The van der Waals surface area contributed by atoms with Crippen LogP contribution in [0.25, 0.3) is 5.69 Å². The predicted octanol–water partition coefficient (Wildman–Crippen LogP) is 2.91. The average molecular weight is 365 g/mol. The zero-order chi connectivity index (χ0) is 19.0. The minimum Gasteiger partial charge on any atom is -0.476 e. The Kier molecular flexibility index (Phi) is 4.19. The van der Waals surface area contributed by atoms with Crippen molar-refractivity contribution in [2.24, 2.45) is 0 Å². The zero-order valence-electron chi connectivity index (χ0n) is 14.3. The smallest absolute Gasteiger partial charge is 0.356 e.